The summed E-state index contributed by atoms with van der Waals surface area (Å²) in [5.74, 6) is 0.776. The van der Waals surface area contributed by atoms with Crippen LogP contribution in [0.4, 0.5) is 5.82 Å². The lowest BCUT2D eigenvalue weighted by atomic mass is 10.0. The van der Waals surface area contributed by atoms with Gasteiger partial charge < -0.3 is 4.90 Å². The summed E-state index contributed by atoms with van der Waals surface area (Å²) in [5, 5.41) is 17.7. The Balaban J connectivity index is 1.50. The van der Waals surface area contributed by atoms with Crippen LogP contribution >= 0.6 is 10.7 Å². The van der Waals surface area contributed by atoms with Gasteiger partial charge in [-0.15, -0.1) is 0 Å². The van der Waals surface area contributed by atoms with Crippen molar-refractivity contribution in [3.05, 3.63) is 54.7 Å². The van der Waals surface area contributed by atoms with Crippen molar-refractivity contribution in [2.45, 2.75) is 18.1 Å². The lowest BCUT2D eigenvalue weighted by molar-refractivity contribution is 0.538. The van der Waals surface area contributed by atoms with Gasteiger partial charge in [-0.2, -0.15) is 15.5 Å². The van der Waals surface area contributed by atoms with E-state index in [4.69, 9.17) is 10.7 Å². The van der Waals surface area contributed by atoms with E-state index in [1.807, 2.05) is 37.6 Å². The van der Waals surface area contributed by atoms with E-state index in [1.54, 1.807) is 27.8 Å². The van der Waals surface area contributed by atoms with Crippen molar-refractivity contribution in [1.29, 1.82) is 5.26 Å². The molecule has 0 bridgehead atoms. The zero-order valence-corrected chi connectivity index (χ0v) is 19.3. The van der Waals surface area contributed by atoms with Gasteiger partial charge in [0, 0.05) is 71.7 Å². The third-order valence-electron chi connectivity index (χ3n) is 5.99. The summed E-state index contributed by atoms with van der Waals surface area (Å²) in [6, 6.07) is 8.11. The van der Waals surface area contributed by atoms with Gasteiger partial charge in [-0.1, -0.05) is 0 Å². The first-order valence-electron chi connectivity index (χ1n) is 10.4. The Morgan fingerprint density at radius 1 is 1.06 bits per heavy atom. The van der Waals surface area contributed by atoms with Crippen LogP contribution in [0, 0.1) is 11.3 Å². The summed E-state index contributed by atoms with van der Waals surface area (Å²) in [5.41, 5.74) is 4.76. The van der Waals surface area contributed by atoms with Crippen LogP contribution in [0.3, 0.4) is 0 Å². The van der Waals surface area contributed by atoms with Crippen molar-refractivity contribution >= 4 is 31.1 Å². The molecule has 5 heterocycles. The van der Waals surface area contributed by atoms with Crippen LogP contribution in [0.2, 0.25) is 0 Å². The van der Waals surface area contributed by atoms with Gasteiger partial charge in [0.15, 0.2) is 0 Å². The molecule has 0 spiro atoms. The van der Waals surface area contributed by atoms with Crippen LogP contribution < -0.4 is 4.90 Å². The van der Waals surface area contributed by atoms with Crippen molar-refractivity contribution in [2.24, 2.45) is 7.05 Å². The van der Waals surface area contributed by atoms with Crippen molar-refractivity contribution < 1.29 is 8.42 Å². The topological polar surface area (TPSA) is 109 Å². The quantitative estimate of drug-likeness (QED) is 0.411. The fourth-order valence-electron chi connectivity index (χ4n) is 4.25. The maximum absolute atomic E-state index is 11.6. The average Bonchev–Trinajstić information content (AvgIpc) is 3.44. The van der Waals surface area contributed by atoms with E-state index in [9.17, 15) is 13.7 Å². The van der Waals surface area contributed by atoms with E-state index in [0.717, 1.165) is 28.1 Å². The molecule has 0 unspecified atom stereocenters. The number of aryl methyl sites for hydroxylation is 1. The Morgan fingerprint density at radius 3 is 2.45 bits per heavy atom. The van der Waals surface area contributed by atoms with Crippen molar-refractivity contribution in [2.75, 3.05) is 18.0 Å². The Labute approximate surface area is 195 Å². The lowest BCUT2D eigenvalue weighted by Crippen LogP contribution is -2.38. The minimum absolute atomic E-state index is 0.477. The fraction of sp³-hybridized carbons (Fsp3) is 0.273. The van der Waals surface area contributed by atoms with Crippen LogP contribution in [-0.2, 0) is 16.1 Å². The largest absolute Gasteiger partial charge is 0.357 e. The highest BCUT2D eigenvalue weighted by Crippen LogP contribution is 2.32. The second-order valence-corrected chi connectivity index (χ2v) is 11.0. The number of piperidine rings is 1. The maximum atomic E-state index is 11.6. The highest BCUT2D eigenvalue weighted by molar-refractivity contribution is 8.14. The molecule has 11 heteroatoms. The molecule has 168 valence electrons. The van der Waals surface area contributed by atoms with Crippen LogP contribution in [-0.4, -0.2) is 51.1 Å². The number of hydrogen-bond acceptors (Lipinski definition) is 7. The van der Waals surface area contributed by atoms with Gasteiger partial charge in [0.25, 0.3) is 0 Å². The molecule has 1 fully saturated rings. The van der Waals surface area contributed by atoms with Gasteiger partial charge in [-0.05, 0) is 31.0 Å². The van der Waals surface area contributed by atoms with E-state index in [0.29, 0.717) is 37.0 Å². The zero-order valence-electron chi connectivity index (χ0n) is 17.8. The van der Waals surface area contributed by atoms with Crippen LogP contribution in [0.5, 0.6) is 0 Å². The minimum atomic E-state index is -3.54. The van der Waals surface area contributed by atoms with Gasteiger partial charge in [0.1, 0.15) is 11.9 Å². The van der Waals surface area contributed by atoms with Crippen molar-refractivity contribution in [3.8, 4) is 28.3 Å². The molecule has 5 rings (SSSR count). The van der Waals surface area contributed by atoms with Crippen LogP contribution in [0.15, 0.2) is 49.2 Å². The molecule has 0 amide bonds. The molecule has 0 atom stereocenters. The predicted molar refractivity (Wildman–Crippen MR) is 125 cm³/mol. The minimum Gasteiger partial charge on any atom is -0.357 e. The highest BCUT2D eigenvalue weighted by atomic mass is 35.7. The van der Waals surface area contributed by atoms with Gasteiger partial charge in [0.2, 0.25) is 9.05 Å². The molecule has 0 saturated carbocycles. The number of halogens is 1. The molecule has 33 heavy (non-hydrogen) atoms. The third-order valence-corrected chi connectivity index (χ3v) is 8.02. The molecule has 0 aromatic carbocycles. The van der Waals surface area contributed by atoms with E-state index in [-0.39, 0.29) is 0 Å². The molecular formula is C22H20ClN7O2S. The van der Waals surface area contributed by atoms with Gasteiger partial charge in [-0.25, -0.2) is 17.9 Å². The van der Waals surface area contributed by atoms with Gasteiger partial charge in [-0.3, -0.25) is 4.68 Å². The number of aromatic nitrogens is 5. The van der Waals surface area contributed by atoms with Gasteiger partial charge >= 0.3 is 0 Å². The Kier molecular flexibility index (Phi) is 5.31. The predicted octanol–water partition coefficient (Wildman–Crippen LogP) is 3.21. The molecular weight excluding hydrogens is 462 g/mol. The molecule has 0 radical (unpaired) electrons. The lowest BCUT2D eigenvalue weighted by Gasteiger charge is -2.31. The molecule has 1 saturated heterocycles. The summed E-state index contributed by atoms with van der Waals surface area (Å²) in [6.07, 6.45) is 9.87. The molecule has 4 aromatic rings. The fourth-order valence-corrected chi connectivity index (χ4v) is 5.56. The van der Waals surface area contributed by atoms with Crippen molar-refractivity contribution in [1.82, 2.24) is 24.4 Å². The molecule has 4 aromatic heterocycles. The summed E-state index contributed by atoms with van der Waals surface area (Å²) in [6.45, 7) is 1.15. The average molecular weight is 482 g/mol. The summed E-state index contributed by atoms with van der Waals surface area (Å²) in [7, 11) is 3.84. The number of nitriles is 1. The molecule has 1 aliphatic rings. The monoisotopic (exact) mass is 481 g/mol. The number of hydrogen-bond donors (Lipinski definition) is 0. The van der Waals surface area contributed by atoms with Crippen LogP contribution in [0.25, 0.3) is 27.8 Å². The Hall–Kier alpha value is -3.42. The first kappa shape index (κ1) is 21.4. The molecule has 9 nitrogen and oxygen atoms in total. The molecule has 0 aliphatic carbocycles. The number of rotatable bonds is 4. The zero-order chi connectivity index (χ0) is 23.2. The molecule has 0 N–H and O–H groups in total. The molecule has 1 aliphatic heterocycles. The van der Waals surface area contributed by atoms with E-state index < -0.39 is 14.3 Å². The Bertz CT molecular complexity index is 1480. The van der Waals surface area contributed by atoms with E-state index >= 15 is 0 Å². The Morgan fingerprint density at radius 2 is 1.85 bits per heavy atom. The first-order chi connectivity index (χ1) is 15.8. The highest BCUT2D eigenvalue weighted by Gasteiger charge is 2.28. The third kappa shape index (κ3) is 4.05. The van der Waals surface area contributed by atoms with E-state index in [1.165, 1.54) is 0 Å². The summed E-state index contributed by atoms with van der Waals surface area (Å²) in [4.78, 5) is 6.69. The second-order valence-electron chi connectivity index (χ2n) is 8.08. The summed E-state index contributed by atoms with van der Waals surface area (Å²) < 4.78 is 26.6. The SMILES string of the molecule is Cn1cc(-c2cc(-c3ccc(N4CCC(S(=O)(=O)Cl)CC4)nc3)c3c(C#N)cnn3c2)cn1. The number of pyridine rings is 2. The summed E-state index contributed by atoms with van der Waals surface area (Å²) >= 11 is 0. The first-order valence-corrected chi connectivity index (χ1v) is 12.8. The second kappa shape index (κ2) is 8.17. The normalized spacial score (nSPS) is 15.1. The van der Waals surface area contributed by atoms with Crippen LogP contribution in [0.1, 0.15) is 18.4 Å². The van der Waals surface area contributed by atoms with E-state index in [2.05, 4.69) is 26.2 Å². The smallest absolute Gasteiger partial charge is 0.235 e. The number of fused-ring (bicyclic) bond motifs is 1. The van der Waals surface area contributed by atoms with Crippen molar-refractivity contribution in [3.63, 3.8) is 0 Å². The standard InChI is InChI=1S/C22H20ClN7O2S/c1-28-13-18(12-26-28)16-8-20(22-17(9-24)11-27-30(22)14-16)15-2-3-21(25-10-15)29-6-4-19(5-7-29)33(23,31)32/h2-3,8,10-14,19H,4-7H2,1H3. The number of anilines is 1. The van der Waals surface area contributed by atoms with Gasteiger partial charge in [0.05, 0.1) is 28.7 Å². The maximum Gasteiger partial charge on any atom is 0.235 e. The number of nitrogens with zero attached hydrogens (tertiary/aromatic N) is 7.